The molecule has 3 aromatic rings. The molecule has 1 amide bonds. The number of ether oxygens (including phenoxy) is 1. The summed E-state index contributed by atoms with van der Waals surface area (Å²) in [7, 11) is 0. The second-order valence-electron chi connectivity index (χ2n) is 8.81. The van der Waals surface area contributed by atoms with Crippen LogP contribution >= 0.6 is 0 Å². The summed E-state index contributed by atoms with van der Waals surface area (Å²) in [6, 6.07) is 16.4. The first-order valence-electron chi connectivity index (χ1n) is 11.3. The highest BCUT2D eigenvalue weighted by Gasteiger charge is 2.57. The third kappa shape index (κ3) is 2.93. The van der Waals surface area contributed by atoms with E-state index in [1.165, 1.54) is 5.56 Å². The Kier molecular flexibility index (Phi) is 4.97. The Hall–Kier alpha value is -3.25. The summed E-state index contributed by atoms with van der Waals surface area (Å²) in [6.07, 6.45) is 1.36. The predicted molar refractivity (Wildman–Crippen MR) is 126 cm³/mol. The molecule has 5 rings (SSSR count). The molecule has 32 heavy (non-hydrogen) atoms. The normalized spacial score (nSPS) is 22.4. The molecule has 0 radical (unpaired) electrons. The monoisotopic (exact) mass is 430 g/mol. The van der Waals surface area contributed by atoms with Crippen molar-refractivity contribution in [2.75, 3.05) is 19.7 Å². The van der Waals surface area contributed by atoms with Crippen LogP contribution in [0.4, 0.5) is 0 Å². The molecule has 2 aromatic carbocycles. The number of hydrogen-bond acceptors (Lipinski definition) is 4. The smallest absolute Gasteiger partial charge is 0.254 e. The van der Waals surface area contributed by atoms with Gasteiger partial charge in [0.25, 0.3) is 5.91 Å². The van der Waals surface area contributed by atoms with Crippen LogP contribution in [0.2, 0.25) is 0 Å². The van der Waals surface area contributed by atoms with Gasteiger partial charge >= 0.3 is 0 Å². The third-order valence-electron chi connectivity index (χ3n) is 6.80. The number of aromatic nitrogens is 1. The molecule has 0 bridgehead atoms. The van der Waals surface area contributed by atoms with E-state index in [1.807, 2.05) is 43.0 Å². The van der Waals surface area contributed by atoms with Crippen LogP contribution in [0.3, 0.4) is 0 Å². The first-order valence-corrected chi connectivity index (χ1v) is 11.3. The molecule has 0 saturated carbocycles. The molecular weight excluding hydrogens is 400 g/mol. The van der Waals surface area contributed by atoms with Gasteiger partial charge in [0, 0.05) is 29.6 Å². The van der Waals surface area contributed by atoms with Gasteiger partial charge in [-0.15, -0.1) is 0 Å². The van der Waals surface area contributed by atoms with Crippen molar-refractivity contribution in [1.82, 2.24) is 14.8 Å². The summed E-state index contributed by atoms with van der Waals surface area (Å²) >= 11 is 0. The molecule has 2 atom stereocenters. The number of hydrogen-bond donors (Lipinski definition) is 2. The van der Waals surface area contributed by atoms with E-state index in [0.29, 0.717) is 26.1 Å². The molecule has 1 aromatic heterocycles. The van der Waals surface area contributed by atoms with Gasteiger partial charge in [0.15, 0.2) is 0 Å². The lowest BCUT2D eigenvalue weighted by atomic mass is 9.81. The zero-order valence-corrected chi connectivity index (χ0v) is 18.7. The van der Waals surface area contributed by atoms with E-state index in [4.69, 9.17) is 10.5 Å². The fourth-order valence-corrected chi connectivity index (χ4v) is 5.35. The van der Waals surface area contributed by atoms with Gasteiger partial charge < -0.3 is 20.4 Å². The van der Waals surface area contributed by atoms with E-state index in [9.17, 15) is 4.79 Å². The lowest BCUT2D eigenvalue weighted by Crippen LogP contribution is -2.52. The van der Waals surface area contributed by atoms with Crippen LogP contribution in [0.1, 0.15) is 43.1 Å². The van der Waals surface area contributed by atoms with Crippen LogP contribution in [-0.4, -0.2) is 45.9 Å². The Balaban J connectivity index is 1.71. The Morgan fingerprint density at radius 1 is 1.25 bits per heavy atom. The van der Waals surface area contributed by atoms with Crippen molar-refractivity contribution in [2.24, 2.45) is 5.73 Å². The number of carbonyl (C=O) groups excluding carboxylic acids is 1. The average Bonchev–Trinajstić information content (AvgIpc) is 3.24. The first-order chi connectivity index (χ1) is 15.5. The van der Waals surface area contributed by atoms with E-state index in [1.54, 1.807) is 0 Å². The van der Waals surface area contributed by atoms with Crippen molar-refractivity contribution >= 4 is 16.8 Å². The summed E-state index contributed by atoms with van der Waals surface area (Å²) in [4.78, 5) is 21.4. The maximum Gasteiger partial charge on any atom is 0.254 e. The number of rotatable bonds is 6. The number of nitrogens with two attached hydrogens (primary N) is 1. The molecule has 3 heterocycles. The van der Waals surface area contributed by atoms with Crippen molar-refractivity contribution in [3.63, 3.8) is 0 Å². The number of amides is 1. The van der Waals surface area contributed by atoms with Gasteiger partial charge in [-0.25, -0.2) is 0 Å². The van der Waals surface area contributed by atoms with E-state index < -0.39 is 5.54 Å². The average molecular weight is 431 g/mol. The number of benzene rings is 2. The van der Waals surface area contributed by atoms with E-state index in [0.717, 1.165) is 40.2 Å². The van der Waals surface area contributed by atoms with E-state index in [-0.39, 0.29) is 11.9 Å². The summed E-state index contributed by atoms with van der Waals surface area (Å²) in [6.45, 7) is 10.1. The molecule has 0 spiro atoms. The topological polar surface area (TPSA) is 74.6 Å². The summed E-state index contributed by atoms with van der Waals surface area (Å²) < 4.78 is 5.77. The van der Waals surface area contributed by atoms with Crippen LogP contribution in [0, 0.1) is 0 Å². The Morgan fingerprint density at radius 2 is 2.03 bits per heavy atom. The molecule has 6 heteroatoms. The Morgan fingerprint density at radius 3 is 2.75 bits per heavy atom. The minimum atomic E-state index is -0.712. The first kappa shape index (κ1) is 20.6. The van der Waals surface area contributed by atoms with Crippen LogP contribution in [0.5, 0.6) is 5.75 Å². The standard InChI is InChI=1S/C26H30N4O2/c1-4-32-19-11-12-22-20(15-19)21-16-26(3)25(31)29(14-8-13-27)17(2)30(26)24(23(21)28-22)18-9-6-5-7-10-18/h5-7,9-12,15,24,28H,2,4,8,13-14,16,27H2,1,3H3/t24-,26+/m1/s1. The van der Waals surface area contributed by atoms with Crippen molar-refractivity contribution in [3.8, 4) is 5.75 Å². The highest BCUT2D eigenvalue weighted by Crippen LogP contribution is 2.51. The summed E-state index contributed by atoms with van der Waals surface area (Å²) in [5.74, 6) is 1.69. The molecule has 1 saturated heterocycles. The van der Waals surface area contributed by atoms with Gasteiger partial charge in [-0.05, 0) is 56.1 Å². The molecule has 2 aliphatic heterocycles. The van der Waals surface area contributed by atoms with Gasteiger partial charge in [0.05, 0.1) is 12.6 Å². The number of nitrogens with zero attached hydrogens (tertiary/aromatic N) is 2. The molecule has 2 aliphatic rings. The lowest BCUT2D eigenvalue weighted by Gasteiger charge is -2.44. The molecule has 3 N–H and O–H groups in total. The Labute approximate surface area is 188 Å². The van der Waals surface area contributed by atoms with Gasteiger partial charge in [0.2, 0.25) is 0 Å². The minimum absolute atomic E-state index is 0.0952. The van der Waals surface area contributed by atoms with Crippen molar-refractivity contribution in [2.45, 2.75) is 38.3 Å². The van der Waals surface area contributed by atoms with Crippen LogP contribution in [-0.2, 0) is 11.2 Å². The maximum atomic E-state index is 13.7. The SMILES string of the molecule is C=C1N(CCCN)C(=O)[C@]2(C)Cc3c([nH]c4ccc(OCC)cc34)[C@@H](c3ccccc3)N12. The number of fused-ring (bicyclic) bond motifs is 4. The molecule has 0 aliphatic carbocycles. The molecular formula is C26H30N4O2. The quantitative estimate of drug-likeness (QED) is 0.621. The van der Waals surface area contributed by atoms with Crippen LogP contribution in [0.25, 0.3) is 10.9 Å². The van der Waals surface area contributed by atoms with Crippen molar-refractivity contribution in [1.29, 1.82) is 0 Å². The third-order valence-corrected chi connectivity index (χ3v) is 6.80. The molecule has 0 unspecified atom stereocenters. The van der Waals surface area contributed by atoms with E-state index >= 15 is 0 Å². The zero-order valence-electron chi connectivity index (χ0n) is 18.7. The minimum Gasteiger partial charge on any atom is -0.494 e. The molecule has 166 valence electrons. The number of carbonyl (C=O) groups is 1. The molecule has 6 nitrogen and oxygen atoms in total. The molecule has 1 fully saturated rings. The summed E-state index contributed by atoms with van der Waals surface area (Å²) in [5, 5.41) is 1.12. The fraction of sp³-hybridized carbons (Fsp3) is 0.346. The second-order valence-corrected chi connectivity index (χ2v) is 8.81. The van der Waals surface area contributed by atoms with Gasteiger partial charge in [0.1, 0.15) is 17.1 Å². The van der Waals surface area contributed by atoms with Gasteiger partial charge in [-0.3, -0.25) is 9.69 Å². The van der Waals surface area contributed by atoms with Gasteiger partial charge in [-0.2, -0.15) is 0 Å². The second kappa shape index (κ2) is 7.71. The fourth-order valence-electron chi connectivity index (χ4n) is 5.35. The number of H-pyrrole nitrogens is 1. The van der Waals surface area contributed by atoms with Crippen molar-refractivity contribution < 1.29 is 9.53 Å². The van der Waals surface area contributed by atoms with Crippen molar-refractivity contribution in [3.05, 3.63) is 77.8 Å². The van der Waals surface area contributed by atoms with E-state index in [2.05, 4.69) is 40.7 Å². The largest absolute Gasteiger partial charge is 0.494 e. The van der Waals surface area contributed by atoms with Gasteiger partial charge in [-0.1, -0.05) is 36.9 Å². The van der Waals surface area contributed by atoms with Crippen LogP contribution in [0.15, 0.2) is 60.9 Å². The Bertz CT molecular complexity index is 1190. The maximum absolute atomic E-state index is 13.7. The highest BCUT2D eigenvalue weighted by molar-refractivity contribution is 5.94. The zero-order chi connectivity index (χ0) is 22.5. The highest BCUT2D eigenvalue weighted by atomic mass is 16.5. The lowest BCUT2D eigenvalue weighted by molar-refractivity contribution is -0.133. The summed E-state index contributed by atoms with van der Waals surface area (Å²) in [5.41, 5.74) is 9.52. The van der Waals surface area contributed by atoms with Crippen LogP contribution < -0.4 is 10.5 Å². The number of nitrogens with one attached hydrogen (secondary N) is 1. The predicted octanol–water partition coefficient (Wildman–Crippen LogP) is 3.94. The number of aromatic amines is 1.